The Labute approximate surface area is 139 Å². The van der Waals surface area contributed by atoms with E-state index in [1.165, 1.54) is 7.11 Å². The predicted molar refractivity (Wildman–Crippen MR) is 90.4 cm³/mol. The number of para-hydroxylation sites is 1. The Balaban J connectivity index is 1.98. The summed E-state index contributed by atoms with van der Waals surface area (Å²) >= 11 is 0. The van der Waals surface area contributed by atoms with Gasteiger partial charge in [0.25, 0.3) is 0 Å². The van der Waals surface area contributed by atoms with E-state index in [-0.39, 0.29) is 0 Å². The molecule has 1 aromatic carbocycles. The van der Waals surface area contributed by atoms with Gasteiger partial charge in [-0.15, -0.1) is 0 Å². The Bertz CT molecular complexity index is 916. The Kier molecular flexibility index (Phi) is 4.07. The second-order valence-electron chi connectivity index (χ2n) is 5.36. The third-order valence-corrected chi connectivity index (χ3v) is 3.68. The molecule has 3 rings (SSSR count). The number of fused-ring (bicyclic) bond motifs is 1. The molecule has 0 fully saturated rings. The number of carbonyl (C=O) groups excluding carboxylic acids is 1. The summed E-state index contributed by atoms with van der Waals surface area (Å²) in [4.78, 5) is 29.3. The zero-order valence-electron chi connectivity index (χ0n) is 13.9. The number of hydrogen-bond donors (Lipinski definition) is 1. The van der Waals surface area contributed by atoms with Crippen LogP contribution < -0.4 is 5.32 Å². The van der Waals surface area contributed by atoms with Crippen molar-refractivity contribution in [1.29, 1.82) is 0 Å². The average molecular weight is 323 g/mol. The molecule has 24 heavy (non-hydrogen) atoms. The first kappa shape index (κ1) is 15.8. The molecule has 0 aliphatic carbocycles. The van der Waals surface area contributed by atoms with E-state index in [1.807, 2.05) is 31.2 Å². The number of methoxy groups -OCH3 is 1. The highest BCUT2D eigenvalue weighted by Gasteiger charge is 2.17. The molecule has 0 aliphatic rings. The fourth-order valence-electron chi connectivity index (χ4n) is 2.56. The summed E-state index contributed by atoms with van der Waals surface area (Å²) in [6.45, 7) is 5.39. The number of aromatic nitrogens is 4. The standard InChI is InChI=1S/C17H17N5O2/c1-9-12-7-5-6-8-13(12)21-17(18-9)22-16-19-10(2)14(11(3)20-16)15(23)24-4/h5-8H,1-4H3,(H,18,19,20,21,22). The molecule has 7 nitrogen and oxygen atoms in total. The lowest BCUT2D eigenvalue weighted by molar-refractivity contribution is 0.0598. The van der Waals surface area contributed by atoms with E-state index in [4.69, 9.17) is 4.74 Å². The first-order chi connectivity index (χ1) is 11.5. The summed E-state index contributed by atoms with van der Waals surface area (Å²) in [7, 11) is 1.33. The minimum atomic E-state index is -0.450. The Morgan fingerprint density at radius 2 is 1.50 bits per heavy atom. The van der Waals surface area contributed by atoms with E-state index in [0.717, 1.165) is 16.6 Å². The van der Waals surface area contributed by atoms with Gasteiger partial charge >= 0.3 is 5.97 Å². The number of carbonyl (C=O) groups is 1. The quantitative estimate of drug-likeness (QED) is 0.741. The Hall–Kier alpha value is -3.09. The molecule has 7 heteroatoms. The highest BCUT2D eigenvalue weighted by Crippen LogP contribution is 2.19. The van der Waals surface area contributed by atoms with Crippen molar-refractivity contribution in [2.24, 2.45) is 0 Å². The van der Waals surface area contributed by atoms with Crippen molar-refractivity contribution in [1.82, 2.24) is 19.9 Å². The summed E-state index contributed by atoms with van der Waals surface area (Å²) < 4.78 is 4.76. The number of nitrogens with one attached hydrogen (secondary N) is 1. The van der Waals surface area contributed by atoms with Gasteiger partial charge in [-0.25, -0.2) is 24.7 Å². The molecule has 0 amide bonds. The third-order valence-electron chi connectivity index (χ3n) is 3.68. The first-order valence-electron chi connectivity index (χ1n) is 7.43. The van der Waals surface area contributed by atoms with Crippen LogP contribution >= 0.6 is 0 Å². The number of nitrogens with zero attached hydrogens (tertiary/aromatic N) is 4. The lowest BCUT2D eigenvalue weighted by atomic mass is 10.2. The summed E-state index contributed by atoms with van der Waals surface area (Å²) in [6, 6.07) is 7.78. The van der Waals surface area contributed by atoms with Gasteiger partial charge in [0.05, 0.1) is 29.7 Å². The van der Waals surface area contributed by atoms with Gasteiger partial charge in [-0.05, 0) is 26.8 Å². The van der Waals surface area contributed by atoms with Crippen LogP contribution in [0.3, 0.4) is 0 Å². The molecule has 0 saturated carbocycles. The highest BCUT2D eigenvalue weighted by atomic mass is 16.5. The van der Waals surface area contributed by atoms with Crippen LogP contribution in [0.2, 0.25) is 0 Å². The summed E-state index contributed by atoms with van der Waals surface area (Å²) in [5.74, 6) is 0.303. The molecule has 0 aliphatic heterocycles. The molecule has 0 radical (unpaired) electrons. The normalized spacial score (nSPS) is 10.7. The molecule has 0 atom stereocenters. The average Bonchev–Trinajstić information content (AvgIpc) is 2.54. The van der Waals surface area contributed by atoms with E-state index in [9.17, 15) is 4.79 Å². The van der Waals surface area contributed by atoms with Gasteiger partial charge in [-0.3, -0.25) is 5.32 Å². The molecule has 2 aromatic heterocycles. The van der Waals surface area contributed by atoms with Crippen LogP contribution in [0.25, 0.3) is 10.9 Å². The minimum Gasteiger partial charge on any atom is -0.465 e. The lowest BCUT2D eigenvalue weighted by Crippen LogP contribution is -2.12. The highest BCUT2D eigenvalue weighted by molar-refractivity contribution is 5.91. The Morgan fingerprint density at radius 1 is 0.917 bits per heavy atom. The van der Waals surface area contributed by atoms with Crippen LogP contribution in [0, 0.1) is 20.8 Å². The van der Waals surface area contributed by atoms with E-state index in [1.54, 1.807) is 13.8 Å². The number of ether oxygens (including phenoxy) is 1. The van der Waals surface area contributed by atoms with Gasteiger partial charge in [0.2, 0.25) is 11.9 Å². The molecule has 0 spiro atoms. The fraction of sp³-hybridized carbons (Fsp3) is 0.235. The Morgan fingerprint density at radius 3 is 2.17 bits per heavy atom. The number of benzene rings is 1. The van der Waals surface area contributed by atoms with E-state index >= 15 is 0 Å². The zero-order valence-corrected chi connectivity index (χ0v) is 13.9. The molecule has 1 N–H and O–H groups in total. The van der Waals surface area contributed by atoms with E-state index < -0.39 is 5.97 Å². The molecular weight excluding hydrogens is 306 g/mol. The monoisotopic (exact) mass is 323 g/mol. The maximum absolute atomic E-state index is 11.8. The van der Waals surface area contributed by atoms with E-state index in [0.29, 0.717) is 28.8 Å². The van der Waals surface area contributed by atoms with Crippen LogP contribution in [-0.4, -0.2) is 33.0 Å². The van der Waals surface area contributed by atoms with E-state index in [2.05, 4.69) is 25.3 Å². The molecule has 3 aromatic rings. The second-order valence-corrected chi connectivity index (χ2v) is 5.36. The van der Waals surface area contributed by atoms with Crippen molar-refractivity contribution in [3.63, 3.8) is 0 Å². The van der Waals surface area contributed by atoms with Gasteiger partial charge in [0.15, 0.2) is 0 Å². The van der Waals surface area contributed by atoms with Crippen molar-refractivity contribution in [2.45, 2.75) is 20.8 Å². The van der Waals surface area contributed by atoms with Crippen molar-refractivity contribution in [3.05, 3.63) is 46.9 Å². The number of aryl methyl sites for hydroxylation is 3. The maximum atomic E-state index is 11.8. The topological polar surface area (TPSA) is 89.9 Å². The lowest BCUT2D eigenvalue weighted by Gasteiger charge is -2.10. The summed E-state index contributed by atoms with van der Waals surface area (Å²) in [6.07, 6.45) is 0. The van der Waals surface area contributed by atoms with Gasteiger partial charge in [-0.2, -0.15) is 0 Å². The molecule has 0 bridgehead atoms. The number of hydrogen-bond acceptors (Lipinski definition) is 7. The summed E-state index contributed by atoms with van der Waals surface area (Å²) in [5, 5.41) is 4.00. The predicted octanol–water partition coefficient (Wildman–Crippen LogP) is 2.88. The van der Waals surface area contributed by atoms with Crippen LogP contribution in [-0.2, 0) is 4.74 Å². The van der Waals surface area contributed by atoms with Gasteiger partial charge in [-0.1, -0.05) is 18.2 Å². The van der Waals surface area contributed by atoms with Crippen LogP contribution in [0.15, 0.2) is 24.3 Å². The maximum Gasteiger partial charge on any atom is 0.341 e. The molecule has 2 heterocycles. The summed E-state index contributed by atoms with van der Waals surface area (Å²) in [5.41, 5.74) is 3.15. The van der Waals surface area contributed by atoms with Crippen LogP contribution in [0.5, 0.6) is 0 Å². The van der Waals surface area contributed by atoms with Crippen LogP contribution in [0.4, 0.5) is 11.9 Å². The number of rotatable bonds is 3. The van der Waals surface area contributed by atoms with Crippen molar-refractivity contribution in [2.75, 3.05) is 12.4 Å². The largest absolute Gasteiger partial charge is 0.465 e. The SMILES string of the molecule is COC(=O)c1c(C)nc(Nc2nc(C)c3ccccc3n2)nc1C. The second kappa shape index (κ2) is 6.19. The number of esters is 1. The van der Waals surface area contributed by atoms with Crippen molar-refractivity contribution in [3.8, 4) is 0 Å². The van der Waals surface area contributed by atoms with Crippen LogP contribution in [0.1, 0.15) is 27.4 Å². The first-order valence-corrected chi connectivity index (χ1v) is 7.43. The minimum absolute atomic E-state index is 0.340. The smallest absolute Gasteiger partial charge is 0.341 e. The van der Waals surface area contributed by atoms with Gasteiger partial charge in [0, 0.05) is 5.39 Å². The zero-order chi connectivity index (χ0) is 17.3. The molecule has 0 unspecified atom stereocenters. The molecule has 122 valence electrons. The van der Waals surface area contributed by atoms with Crippen molar-refractivity contribution < 1.29 is 9.53 Å². The molecule has 0 saturated heterocycles. The van der Waals surface area contributed by atoms with Gasteiger partial charge in [0.1, 0.15) is 5.56 Å². The third kappa shape index (κ3) is 2.88. The fourth-order valence-corrected chi connectivity index (χ4v) is 2.56. The van der Waals surface area contributed by atoms with Gasteiger partial charge < -0.3 is 4.74 Å². The number of anilines is 2. The molecular formula is C17H17N5O2. The van der Waals surface area contributed by atoms with Crippen molar-refractivity contribution >= 4 is 28.8 Å².